The van der Waals surface area contributed by atoms with E-state index in [-0.39, 0.29) is 21.7 Å². The summed E-state index contributed by atoms with van der Waals surface area (Å²) in [5.41, 5.74) is -0.687. The zero-order valence-corrected chi connectivity index (χ0v) is 10.8. The second-order valence-electron chi connectivity index (χ2n) is 6.43. The summed E-state index contributed by atoms with van der Waals surface area (Å²) in [7, 11) is 0. The van der Waals surface area contributed by atoms with E-state index in [9.17, 15) is 0 Å². The Morgan fingerprint density at radius 1 is 0.500 bits per heavy atom. The molecule has 0 fully saturated rings. The summed E-state index contributed by atoms with van der Waals surface area (Å²) in [6, 6.07) is 0. The van der Waals surface area contributed by atoms with E-state index in [1.807, 2.05) is 0 Å². The summed E-state index contributed by atoms with van der Waals surface area (Å²) in [5, 5.41) is 0. The molecule has 0 spiro atoms. The molecule has 0 aliphatic rings. The van der Waals surface area contributed by atoms with Gasteiger partial charge in [0.1, 0.15) is 10.8 Å². The van der Waals surface area contributed by atoms with Crippen molar-refractivity contribution < 1.29 is 0 Å². The van der Waals surface area contributed by atoms with Crippen molar-refractivity contribution >= 4 is 0 Å². The van der Waals surface area contributed by atoms with E-state index >= 15 is 0 Å². The molecular weight excluding hydrogens is 168 g/mol. The van der Waals surface area contributed by atoms with Crippen molar-refractivity contribution in [2.75, 3.05) is 0 Å². The molecule has 0 aliphatic carbocycles. The lowest BCUT2D eigenvalue weighted by molar-refractivity contribution is -0.0128. The van der Waals surface area contributed by atoms with Gasteiger partial charge < -0.3 is 0 Å². The van der Waals surface area contributed by atoms with Crippen LogP contribution in [0.15, 0.2) is 0 Å². The molecule has 0 aromatic rings. The Morgan fingerprint density at radius 3 is 0.714 bits per heavy atom. The fourth-order valence-electron chi connectivity index (χ4n) is 1.49. The first kappa shape index (κ1) is 13.5. The minimum absolute atomic E-state index is 0.127. The third-order valence-corrected chi connectivity index (χ3v) is 4.21. The maximum absolute atomic E-state index is 4.31. The largest absolute Gasteiger partial charge is 0.196 e. The van der Waals surface area contributed by atoms with Crippen LogP contribution in [0.3, 0.4) is 0 Å². The Labute approximate surface area is 91.5 Å². The zero-order valence-electron chi connectivity index (χ0n) is 10.8. The van der Waals surface area contributed by atoms with Crippen LogP contribution in [0.2, 0.25) is 0 Å². The van der Waals surface area contributed by atoms with E-state index in [1.54, 1.807) is 0 Å². The molecule has 2 unspecified atom stereocenters. The van der Waals surface area contributed by atoms with Gasteiger partial charge in [-0.1, -0.05) is 0 Å². The Bertz CT molecular complexity index is 169. The predicted molar refractivity (Wildman–Crippen MR) is 65.2 cm³/mol. The fourth-order valence-corrected chi connectivity index (χ4v) is 1.49. The zero-order chi connectivity index (χ0) is 12.0. The van der Waals surface area contributed by atoms with Crippen LogP contribution in [0.1, 0.15) is 41.5 Å². The van der Waals surface area contributed by atoms with E-state index < -0.39 is 0 Å². The minimum Gasteiger partial charge on any atom is -0.0139 e. The van der Waals surface area contributed by atoms with E-state index in [2.05, 4.69) is 69.2 Å². The summed E-state index contributed by atoms with van der Waals surface area (Å²) in [4.78, 5) is 0. The summed E-state index contributed by atoms with van der Waals surface area (Å²) in [5.74, 6) is 0. The van der Waals surface area contributed by atoms with Gasteiger partial charge in [-0.15, -0.1) is 0 Å². The van der Waals surface area contributed by atoms with Crippen molar-refractivity contribution in [3.63, 3.8) is 0 Å². The Kier molecular flexibility index (Phi) is 2.87. The van der Waals surface area contributed by atoms with Crippen molar-refractivity contribution in [2.24, 2.45) is 21.7 Å². The van der Waals surface area contributed by atoms with Crippen LogP contribution in [-0.2, 0) is 0 Å². The van der Waals surface area contributed by atoms with Crippen molar-refractivity contribution in [3.8, 4) is 0 Å². The molecule has 0 aliphatic heterocycles. The molecule has 0 radical (unpaired) electrons. The van der Waals surface area contributed by atoms with E-state index in [1.165, 1.54) is 0 Å². The Hall–Kier alpha value is -0.520. The van der Waals surface area contributed by atoms with Crippen LogP contribution in [0.5, 0.6) is 0 Å². The topological polar surface area (TPSA) is 0 Å². The lowest BCUT2D eigenvalue weighted by atomic mass is 9.48. The average Bonchev–Trinajstić information content (AvgIpc) is 1.81. The molecule has 2 atom stereocenters. The van der Waals surface area contributed by atoms with Gasteiger partial charge in [0.2, 0.25) is 0 Å². The number of rotatable bonds is 3. The summed E-state index contributed by atoms with van der Waals surface area (Å²) >= 11 is 0. The second kappa shape index (κ2) is 2.98. The highest BCUT2D eigenvalue weighted by atomic mass is 14.6. The van der Waals surface area contributed by atoms with Crippen LogP contribution in [-0.4, -0.2) is 0 Å². The second-order valence-corrected chi connectivity index (χ2v) is 6.43. The first-order valence-electron chi connectivity index (χ1n) is 5.16. The Balaban J connectivity index is 5.30. The van der Waals surface area contributed by atoms with Crippen LogP contribution < -0.4 is 0 Å². The third kappa shape index (κ3) is 1.80. The Morgan fingerprint density at radius 2 is 0.643 bits per heavy atom. The molecule has 0 N–H and O–H groups in total. The van der Waals surface area contributed by atoms with Crippen molar-refractivity contribution in [1.82, 2.24) is 0 Å². The molecule has 0 saturated carbocycles. The van der Waals surface area contributed by atoms with Gasteiger partial charge in [0.25, 0.3) is 0 Å². The molecule has 0 nitrogen and oxygen atoms in total. The molecule has 0 aromatic carbocycles. The fraction of sp³-hybridized carbons (Fsp3) is 0.714. The van der Waals surface area contributed by atoms with Crippen molar-refractivity contribution in [3.05, 3.63) is 27.7 Å². The monoisotopic (exact) mass is 194 g/mol. The van der Waals surface area contributed by atoms with Crippen LogP contribution in [0.4, 0.5) is 0 Å². The molecule has 14 heavy (non-hydrogen) atoms. The molecule has 0 aromatic heterocycles. The van der Waals surface area contributed by atoms with Crippen LogP contribution in [0.25, 0.3) is 0 Å². The number of hydrogen-bond donors (Lipinski definition) is 0. The van der Waals surface area contributed by atoms with E-state index in [4.69, 9.17) is 0 Å². The van der Waals surface area contributed by atoms with Crippen molar-refractivity contribution in [2.45, 2.75) is 41.5 Å². The lowest BCUT2D eigenvalue weighted by Gasteiger charge is -2.39. The third-order valence-electron chi connectivity index (χ3n) is 4.21. The first-order valence-corrected chi connectivity index (χ1v) is 5.16. The molecular formula is C14H26+4. The highest BCUT2D eigenvalue weighted by Crippen LogP contribution is 2.57. The van der Waals surface area contributed by atoms with E-state index in [0.29, 0.717) is 0 Å². The SMILES string of the molecule is [CH2+]C(C)(C)C([CH2+])(C)C([CH2+])(C)C([CH2+])(C)C. The van der Waals surface area contributed by atoms with E-state index in [0.717, 1.165) is 0 Å². The minimum atomic E-state index is -0.217. The normalized spacial score (nSPS) is 22.4. The molecule has 0 bridgehead atoms. The molecule has 0 rings (SSSR count). The summed E-state index contributed by atoms with van der Waals surface area (Å²) < 4.78 is 0. The average molecular weight is 194 g/mol. The van der Waals surface area contributed by atoms with Gasteiger partial charge in [-0.3, -0.25) is 0 Å². The molecule has 0 heteroatoms. The van der Waals surface area contributed by atoms with Crippen molar-refractivity contribution in [1.29, 1.82) is 0 Å². The number of hydrogen-bond acceptors (Lipinski definition) is 0. The quantitative estimate of drug-likeness (QED) is 0.585. The summed E-state index contributed by atoms with van der Waals surface area (Å²) in [6.07, 6.45) is 0. The molecule has 0 amide bonds. The van der Waals surface area contributed by atoms with Gasteiger partial charge in [-0.2, -0.15) is 0 Å². The highest BCUT2D eigenvalue weighted by molar-refractivity contribution is 5.10. The standard InChI is InChI=1S/C14H26/c1-11(2,3)13(7,8)14(9,10)12(4,5)6/h1,4,7,9H2,2-3,5-6,8,10H3/q+4. The predicted octanol–water partition coefficient (Wildman–Crippen LogP) is 4.39. The van der Waals surface area contributed by atoms with Gasteiger partial charge >= 0.3 is 0 Å². The summed E-state index contributed by atoms with van der Waals surface area (Å²) in [6.45, 7) is 29.7. The molecule has 78 valence electrons. The van der Waals surface area contributed by atoms with Crippen LogP contribution >= 0.6 is 0 Å². The van der Waals surface area contributed by atoms with Gasteiger partial charge in [0, 0.05) is 0 Å². The van der Waals surface area contributed by atoms with Crippen LogP contribution in [0, 0.1) is 49.4 Å². The molecule has 0 saturated heterocycles. The van der Waals surface area contributed by atoms with Gasteiger partial charge in [-0.25, -0.2) is 0 Å². The highest BCUT2D eigenvalue weighted by Gasteiger charge is 2.68. The van der Waals surface area contributed by atoms with Gasteiger partial charge in [-0.05, 0) is 41.5 Å². The maximum atomic E-state index is 4.31. The lowest BCUT2D eigenvalue weighted by Crippen LogP contribution is -2.50. The smallest absolute Gasteiger partial charge is 0.0139 e. The maximum Gasteiger partial charge on any atom is 0.196 e. The van der Waals surface area contributed by atoms with Gasteiger partial charge in [0.15, 0.2) is 10.8 Å². The molecule has 0 heterocycles. The van der Waals surface area contributed by atoms with Gasteiger partial charge in [0.05, 0.1) is 27.7 Å². The first-order chi connectivity index (χ1) is 5.75.